The van der Waals surface area contributed by atoms with Gasteiger partial charge in [0.15, 0.2) is 5.76 Å². The lowest BCUT2D eigenvalue weighted by Crippen LogP contribution is -2.30. The van der Waals surface area contributed by atoms with E-state index in [1.165, 1.54) is 30.2 Å². The first-order valence-electron chi connectivity index (χ1n) is 6.08. The van der Waals surface area contributed by atoms with Crippen molar-refractivity contribution < 1.29 is 18.0 Å². The van der Waals surface area contributed by atoms with E-state index in [0.717, 1.165) is 6.07 Å². The minimum atomic E-state index is -0.637. The zero-order valence-corrected chi connectivity index (χ0v) is 11.2. The molecule has 6 heteroatoms. The second-order valence-corrected chi connectivity index (χ2v) is 5.55. The van der Waals surface area contributed by atoms with Crippen molar-refractivity contribution in [3.63, 3.8) is 0 Å². The number of carbonyl (C=O) groups is 1. The molecule has 3 rings (SSSR count). The number of furan rings is 1. The minimum Gasteiger partial charge on any atom is -0.459 e. The molecule has 1 aromatic carbocycles. The second-order valence-electron chi connectivity index (χ2n) is 4.36. The smallest absolute Gasteiger partial charge is 0.290 e. The van der Waals surface area contributed by atoms with Crippen molar-refractivity contribution in [1.82, 2.24) is 4.90 Å². The first-order valence-corrected chi connectivity index (χ1v) is 7.13. The van der Waals surface area contributed by atoms with E-state index in [9.17, 15) is 13.6 Å². The summed E-state index contributed by atoms with van der Waals surface area (Å²) in [6, 6.07) is 6.63. The van der Waals surface area contributed by atoms with Crippen LogP contribution in [0.2, 0.25) is 0 Å². The molecule has 1 aromatic heterocycles. The van der Waals surface area contributed by atoms with Crippen molar-refractivity contribution in [2.75, 3.05) is 12.3 Å². The third kappa shape index (κ3) is 2.31. The molecule has 0 aliphatic carbocycles. The standard InChI is InChI=1S/C14H11F2NO2S/c15-9-3-4-10(11(16)8-9)14-17(5-7-20-14)13(18)12-2-1-6-19-12/h1-4,6,8,14H,5,7H2/t14-/m1/s1. The lowest BCUT2D eigenvalue weighted by atomic mass is 10.2. The lowest BCUT2D eigenvalue weighted by Gasteiger charge is -2.23. The van der Waals surface area contributed by atoms with Crippen LogP contribution in [0.25, 0.3) is 0 Å². The third-order valence-corrected chi connectivity index (χ3v) is 4.35. The summed E-state index contributed by atoms with van der Waals surface area (Å²) in [6.07, 6.45) is 1.42. The topological polar surface area (TPSA) is 33.5 Å². The van der Waals surface area contributed by atoms with E-state index in [2.05, 4.69) is 0 Å². The van der Waals surface area contributed by atoms with Crippen LogP contribution in [0.3, 0.4) is 0 Å². The fraction of sp³-hybridized carbons (Fsp3) is 0.214. The zero-order valence-electron chi connectivity index (χ0n) is 10.4. The summed E-state index contributed by atoms with van der Waals surface area (Å²) < 4.78 is 31.9. The highest BCUT2D eigenvalue weighted by molar-refractivity contribution is 7.99. The molecule has 3 nitrogen and oxygen atoms in total. The van der Waals surface area contributed by atoms with Crippen molar-refractivity contribution in [2.45, 2.75) is 5.37 Å². The quantitative estimate of drug-likeness (QED) is 0.851. The van der Waals surface area contributed by atoms with Crippen molar-refractivity contribution in [2.24, 2.45) is 0 Å². The van der Waals surface area contributed by atoms with Crippen molar-refractivity contribution in [1.29, 1.82) is 0 Å². The summed E-state index contributed by atoms with van der Waals surface area (Å²) in [5.41, 5.74) is 0.314. The van der Waals surface area contributed by atoms with Gasteiger partial charge in [0.05, 0.1) is 6.26 Å². The lowest BCUT2D eigenvalue weighted by molar-refractivity contribution is 0.0727. The summed E-state index contributed by atoms with van der Waals surface area (Å²) in [5, 5.41) is -0.451. The van der Waals surface area contributed by atoms with Crippen LogP contribution in [0, 0.1) is 11.6 Å². The average Bonchev–Trinajstić information content (AvgIpc) is 3.09. The maximum atomic E-state index is 13.9. The SMILES string of the molecule is O=C(c1ccco1)N1CCS[C@@H]1c1ccc(F)cc1F. The molecule has 1 amide bonds. The van der Waals surface area contributed by atoms with Gasteiger partial charge in [0.1, 0.15) is 17.0 Å². The van der Waals surface area contributed by atoms with Crippen molar-refractivity contribution in [3.8, 4) is 0 Å². The van der Waals surface area contributed by atoms with Gasteiger partial charge in [-0.05, 0) is 18.2 Å². The number of nitrogens with zero attached hydrogens (tertiary/aromatic N) is 1. The Hall–Kier alpha value is -1.82. The Morgan fingerprint density at radius 3 is 2.90 bits per heavy atom. The van der Waals surface area contributed by atoms with E-state index in [1.54, 1.807) is 17.0 Å². The molecule has 2 aromatic rings. The summed E-state index contributed by atoms with van der Waals surface area (Å²) in [4.78, 5) is 13.8. The number of hydrogen-bond acceptors (Lipinski definition) is 3. The fourth-order valence-corrected chi connectivity index (χ4v) is 3.46. The predicted octanol–water partition coefficient (Wildman–Crippen LogP) is 3.45. The number of amides is 1. The van der Waals surface area contributed by atoms with E-state index < -0.39 is 17.0 Å². The molecule has 1 aliphatic heterocycles. The molecule has 0 radical (unpaired) electrons. The van der Waals surface area contributed by atoms with Gasteiger partial charge in [-0.1, -0.05) is 6.07 Å². The van der Waals surface area contributed by atoms with Gasteiger partial charge in [-0.3, -0.25) is 4.79 Å². The molecule has 0 bridgehead atoms. The Morgan fingerprint density at radius 2 is 2.20 bits per heavy atom. The van der Waals surface area contributed by atoms with E-state index in [4.69, 9.17) is 4.42 Å². The predicted molar refractivity (Wildman–Crippen MR) is 71.3 cm³/mol. The minimum absolute atomic E-state index is 0.222. The third-order valence-electron chi connectivity index (χ3n) is 3.11. The number of carbonyl (C=O) groups excluding carboxylic acids is 1. The van der Waals surface area contributed by atoms with E-state index >= 15 is 0 Å². The summed E-state index contributed by atoms with van der Waals surface area (Å²) >= 11 is 1.45. The highest BCUT2D eigenvalue weighted by atomic mass is 32.2. The first-order chi connectivity index (χ1) is 9.66. The number of rotatable bonds is 2. The molecular weight excluding hydrogens is 284 g/mol. The Labute approximate surface area is 118 Å². The number of halogens is 2. The Balaban J connectivity index is 1.91. The van der Waals surface area contributed by atoms with Crippen LogP contribution in [-0.2, 0) is 0 Å². The monoisotopic (exact) mass is 295 g/mol. The molecule has 1 fully saturated rings. The molecule has 0 saturated carbocycles. The summed E-state index contributed by atoms with van der Waals surface area (Å²) in [6.45, 7) is 0.506. The Morgan fingerprint density at radius 1 is 1.35 bits per heavy atom. The maximum Gasteiger partial charge on any atom is 0.290 e. The number of hydrogen-bond donors (Lipinski definition) is 0. The molecule has 20 heavy (non-hydrogen) atoms. The van der Waals surface area contributed by atoms with Crippen molar-refractivity contribution in [3.05, 3.63) is 59.6 Å². The molecule has 1 saturated heterocycles. The Bertz CT molecular complexity index is 630. The fourth-order valence-electron chi connectivity index (χ4n) is 2.18. The van der Waals surface area contributed by atoms with Crippen LogP contribution in [0.5, 0.6) is 0 Å². The summed E-state index contributed by atoms with van der Waals surface area (Å²) in [7, 11) is 0. The van der Waals surface area contributed by atoms with Gasteiger partial charge < -0.3 is 9.32 Å². The normalized spacial score (nSPS) is 18.5. The number of benzene rings is 1. The van der Waals surface area contributed by atoms with Crippen LogP contribution in [0.15, 0.2) is 41.0 Å². The van der Waals surface area contributed by atoms with Crippen LogP contribution in [-0.4, -0.2) is 23.1 Å². The molecule has 2 heterocycles. The second kappa shape index (κ2) is 5.28. The summed E-state index contributed by atoms with van der Waals surface area (Å²) in [5.74, 6) is -0.623. The van der Waals surface area contributed by atoms with Gasteiger partial charge in [-0.15, -0.1) is 11.8 Å². The van der Waals surface area contributed by atoms with Crippen LogP contribution in [0.4, 0.5) is 8.78 Å². The van der Waals surface area contributed by atoms with Gasteiger partial charge >= 0.3 is 0 Å². The zero-order chi connectivity index (χ0) is 14.1. The van der Waals surface area contributed by atoms with E-state index in [1.807, 2.05) is 0 Å². The van der Waals surface area contributed by atoms with Gasteiger partial charge in [-0.2, -0.15) is 0 Å². The number of thioether (sulfide) groups is 1. The largest absolute Gasteiger partial charge is 0.459 e. The molecule has 0 spiro atoms. The first kappa shape index (κ1) is 13.2. The van der Waals surface area contributed by atoms with Gasteiger partial charge in [0, 0.05) is 23.9 Å². The molecule has 0 unspecified atom stereocenters. The molecule has 1 aliphatic rings. The molecular formula is C14H11F2NO2S. The maximum absolute atomic E-state index is 13.9. The van der Waals surface area contributed by atoms with Gasteiger partial charge in [-0.25, -0.2) is 8.78 Å². The van der Waals surface area contributed by atoms with Crippen molar-refractivity contribution >= 4 is 17.7 Å². The molecule has 1 atom stereocenters. The highest BCUT2D eigenvalue weighted by Crippen LogP contribution is 2.39. The van der Waals surface area contributed by atoms with Gasteiger partial charge in [0.2, 0.25) is 0 Å². The average molecular weight is 295 g/mol. The Kier molecular flexibility index (Phi) is 3.48. The van der Waals surface area contributed by atoms with E-state index in [-0.39, 0.29) is 11.7 Å². The molecule has 104 valence electrons. The van der Waals surface area contributed by atoms with Gasteiger partial charge in [0.25, 0.3) is 5.91 Å². The molecule has 0 N–H and O–H groups in total. The highest BCUT2D eigenvalue weighted by Gasteiger charge is 2.34. The van der Waals surface area contributed by atoms with Crippen LogP contribution < -0.4 is 0 Å². The van der Waals surface area contributed by atoms with E-state index in [0.29, 0.717) is 17.9 Å². The van der Waals surface area contributed by atoms with Crippen LogP contribution in [0.1, 0.15) is 21.5 Å². The van der Waals surface area contributed by atoms with Crippen LogP contribution >= 0.6 is 11.8 Å².